The minimum atomic E-state index is -0.445. The maximum absolute atomic E-state index is 11.9. The number of likely N-dealkylation sites (N-methyl/N-ethyl adjacent to an activating group) is 1. The van der Waals surface area contributed by atoms with Crippen molar-refractivity contribution in [2.45, 2.75) is 32.4 Å². The van der Waals surface area contributed by atoms with Crippen molar-refractivity contribution >= 4 is 5.91 Å². The lowest BCUT2D eigenvalue weighted by atomic mass is 10.0. The van der Waals surface area contributed by atoms with Gasteiger partial charge in [-0.15, -0.1) is 0 Å². The molecule has 0 aliphatic carbocycles. The highest BCUT2D eigenvalue weighted by atomic mass is 16.3. The van der Waals surface area contributed by atoms with E-state index in [9.17, 15) is 4.79 Å². The van der Waals surface area contributed by atoms with Gasteiger partial charge in [0.15, 0.2) is 0 Å². The van der Waals surface area contributed by atoms with Gasteiger partial charge in [0.2, 0.25) is 5.91 Å². The molecule has 3 N–H and O–H groups in total. The SMILES string of the molecule is CC(C)C[C@H](N)C(=O)NCC(c1ccco1)N(C)C. The molecular formula is C14H25N3O2. The summed E-state index contributed by atoms with van der Waals surface area (Å²) in [5.41, 5.74) is 5.85. The summed E-state index contributed by atoms with van der Waals surface area (Å²) in [6.07, 6.45) is 2.33. The monoisotopic (exact) mass is 267 g/mol. The number of carbonyl (C=O) groups excluding carboxylic acids is 1. The summed E-state index contributed by atoms with van der Waals surface area (Å²) in [7, 11) is 3.90. The highest BCUT2D eigenvalue weighted by Gasteiger charge is 2.20. The van der Waals surface area contributed by atoms with E-state index in [4.69, 9.17) is 10.2 Å². The molecule has 5 nitrogen and oxygen atoms in total. The molecule has 0 fully saturated rings. The molecular weight excluding hydrogens is 242 g/mol. The first-order valence-corrected chi connectivity index (χ1v) is 6.65. The normalized spacial score (nSPS) is 14.7. The van der Waals surface area contributed by atoms with Crippen molar-refractivity contribution in [2.24, 2.45) is 11.7 Å². The van der Waals surface area contributed by atoms with Gasteiger partial charge in [0, 0.05) is 6.54 Å². The van der Waals surface area contributed by atoms with Gasteiger partial charge in [-0.2, -0.15) is 0 Å². The van der Waals surface area contributed by atoms with Crippen LogP contribution in [0.1, 0.15) is 32.1 Å². The minimum absolute atomic E-state index is 0.0187. The van der Waals surface area contributed by atoms with E-state index in [0.29, 0.717) is 18.9 Å². The van der Waals surface area contributed by atoms with Gasteiger partial charge in [-0.1, -0.05) is 13.8 Å². The standard InChI is InChI=1S/C14H25N3O2/c1-10(2)8-11(15)14(18)16-9-12(17(3)4)13-6-5-7-19-13/h5-7,10-12H,8-9,15H2,1-4H3,(H,16,18)/t11-,12?/m0/s1. The quantitative estimate of drug-likeness (QED) is 0.782. The number of hydrogen-bond acceptors (Lipinski definition) is 4. The van der Waals surface area contributed by atoms with Crippen molar-refractivity contribution in [1.29, 1.82) is 0 Å². The number of nitrogens with one attached hydrogen (secondary N) is 1. The second kappa shape index (κ2) is 7.31. The number of rotatable bonds is 7. The van der Waals surface area contributed by atoms with Gasteiger partial charge < -0.3 is 15.5 Å². The average Bonchev–Trinajstić information content (AvgIpc) is 2.81. The summed E-state index contributed by atoms with van der Waals surface area (Å²) in [5, 5.41) is 2.89. The van der Waals surface area contributed by atoms with Gasteiger partial charge in [0.05, 0.1) is 18.3 Å². The van der Waals surface area contributed by atoms with E-state index in [1.165, 1.54) is 0 Å². The van der Waals surface area contributed by atoms with E-state index in [-0.39, 0.29) is 11.9 Å². The molecule has 2 atom stereocenters. The van der Waals surface area contributed by atoms with Crippen molar-refractivity contribution in [1.82, 2.24) is 10.2 Å². The molecule has 1 rings (SSSR count). The summed E-state index contributed by atoms with van der Waals surface area (Å²) in [6, 6.07) is 3.33. The van der Waals surface area contributed by atoms with Crippen LogP contribution in [0.25, 0.3) is 0 Å². The number of carbonyl (C=O) groups is 1. The van der Waals surface area contributed by atoms with E-state index in [1.54, 1.807) is 6.26 Å². The van der Waals surface area contributed by atoms with Crippen LogP contribution in [0.15, 0.2) is 22.8 Å². The van der Waals surface area contributed by atoms with Crippen LogP contribution in [0.3, 0.4) is 0 Å². The van der Waals surface area contributed by atoms with Gasteiger partial charge in [0.1, 0.15) is 5.76 Å². The Morgan fingerprint density at radius 1 is 1.47 bits per heavy atom. The zero-order valence-electron chi connectivity index (χ0n) is 12.2. The summed E-state index contributed by atoms with van der Waals surface area (Å²) in [6.45, 7) is 4.60. The molecule has 1 unspecified atom stereocenters. The Kier molecular flexibility index (Phi) is 6.05. The lowest BCUT2D eigenvalue weighted by Crippen LogP contribution is -2.44. The van der Waals surface area contributed by atoms with E-state index < -0.39 is 6.04 Å². The molecule has 1 heterocycles. The third-order valence-corrected chi connectivity index (χ3v) is 3.03. The molecule has 1 amide bonds. The van der Waals surface area contributed by atoms with E-state index in [2.05, 4.69) is 19.2 Å². The van der Waals surface area contributed by atoms with Crippen LogP contribution >= 0.6 is 0 Å². The molecule has 1 aromatic heterocycles. The Bertz CT molecular complexity index is 374. The van der Waals surface area contributed by atoms with Crippen molar-refractivity contribution in [3.05, 3.63) is 24.2 Å². The van der Waals surface area contributed by atoms with Crippen LogP contribution in [0.4, 0.5) is 0 Å². The highest BCUT2D eigenvalue weighted by Crippen LogP contribution is 2.17. The van der Waals surface area contributed by atoms with Gasteiger partial charge in [-0.3, -0.25) is 9.69 Å². The molecule has 0 radical (unpaired) electrons. The molecule has 108 valence electrons. The highest BCUT2D eigenvalue weighted by molar-refractivity contribution is 5.81. The molecule has 5 heteroatoms. The molecule has 0 aromatic carbocycles. The summed E-state index contributed by atoms with van der Waals surface area (Å²) >= 11 is 0. The van der Waals surface area contributed by atoms with Gasteiger partial charge >= 0.3 is 0 Å². The number of nitrogens with two attached hydrogens (primary N) is 1. The molecule has 0 saturated heterocycles. The smallest absolute Gasteiger partial charge is 0.236 e. The molecule has 0 aliphatic heterocycles. The zero-order valence-corrected chi connectivity index (χ0v) is 12.2. The number of amides is 1. The van der Waals surface area contributed by atoms with Crippen LogP contribution in [0, 0.1) is 5.92 Å². The number of furan rings is 1. The third kappa shape index (κ3) is 5.04. The minimum Gasteiger partial charge on any atom is -0.468 e. The lowest BCUT2D eigenvalue weighted by molar-refractivity contribution is -0.122. The summed E-state index contributed by atoms with van der Waals surface area (Å²) < 4.78 is 5.39. The van der Waals surface area contributed by atoms with Crippen LogP contribution in [0.5, 0.6) is 0 Å². The van der Waals surface area contributed by atoms with E-state index >= 15 is 0 Å². The summed E-state index contributed by atoms with van der Waals surface area (Å²) in [5.74, 6) is 1.14. The van der Waals surface area contributed by atoms with E-state index in [0.717, 1.165) is 5.76 Å². The Morgan fingerprint density at radius 3 is 2.63 bits per heavy atom. The van der Waals surface area contributed by atoms with Crippen molar-refractivity contribution in [2.75, 3.05) is 20.6 Å². The third-order valence-electron chi connectivity index (χ3n) is 3.03. The fourth-order valence-electron chi connectivity index (χ4n) is 1.96. The topological polar surface area (TPSA) is 71.5 Å². The lowest BCUT2D eigenvalue weighted by Gasteiger charge is -2.23. The molecule has 0 aliphatic rings. The Morgan fingerprint density at radius 2 is 2.16 bits per heavy atom. The maximum Gasteiger partial charge on any atom is 0.236 e. The van der Waals surface area contributed by atoms with Crippen LogP contribution in [-0.2, 0) is 4.79 Å². The first-order chi connectivity index (χ1) is 8.91. The average molecular weight is 267 g/mol. The molecule has 0 saturated carbocycles. The largest absolute Gasteiger partial charge is 0.468 e. The van der Waals surface area contributed by atoms with Crippen molar-refractivity contribution < 1.29 is 9.21 Å². The second-order valence-corrected chi connectivity index (χ2v) is 5.48. The van der Waals surface area contributed by atoms with Crippen LogP contribution < -0.4 is 11.1 Å². The number of nitrogens with zero attached hydrogens (tertiary/aromatic N) is 1. The fourth-order valence-corrected chi connectivity index (χ4v) is 1.96. The first-order valence-electron chi connectivity index (χ1n) is 6.65. The van der Waals surface area contributed by atoms with Crippen molar-refractivity contribution in [3.8, 4) is 0 Å². The second-order valence-electron chi connectivity index (χ2n) is 5.48. The summed E-state index contributed by atoms with van der Waals surface area (Å²) in [4.78, 5) is 13.9. The molecule has 19 heavy (non-hydrogen) atoms. The van der Waals surface area contributed by atoms with Gasteiger partial charge in [-0.25, -0.2) is 0 Å². The first kappa shape index (κ1) is 15.7. The number of hydrogen-bond donors (Lipinski definition) is 2. The van der Waals surface area contributed by atoms with Gasteiger partial charge in [0.25, 0.3) is 0 Å². The maximum atomic E-state index is 11.9. The van der Waals surface area contributed by atoms with E-state index in [1.807, 2.05) is 31.1 Å². The van der Waals surface area contributed by atoms with Crippen molar-refractivity contribution in [3.63, 3.8) is 0 Å². The van der Waals surface area contributed by atoms with Crippen LogP contribution in [0.2, 0.25) is 0 Å². The van der Waals surface area contributed by atoms with Gasteiger partial charge in [-0.05, 0) is 38.6 Å². The predicted molar refractivity (Wildman–Crippen MR) is 75.6 cm³/mol. The fraction of sp³-hybridized carbons (Fsp3) is 0.643. The van der Waals surface area contributed by atoms with Crippen LogP contribution in [-0.4, -0.2) is 37.5 Å². The Balaban J connectivity index is 2.51. The molecule has 1 aromatic rings. The zero-order chi connectivity index (χ0) is 14.4. The molecule has 0 spiro atoms. The molecule has 0 bridgehead atoms. The predicted octanol–water partition coefficient (Wildman–Crippen LogP) is 1.37. The Labute approximate surface area is 115 Å². The Hall–Kier alpha value is -1.33.